The van der Waals surface area contributed by atoms with Crippen LogP contribution in [0.1, 0.15) is 40.5 Å². The van der Waals surface area contributed by atoms with E-state index >= 15 is 0 Å². The van der Waals surface area contributed by atoms with Crippen LogP contribution in [0.3, 0.4) is 0 Å². The molecule has 2 nitrogen and oxygen atoms in total. The summed E-state index contributed by atoms with van der Waals surface area (Å²) < 4.78 is 5.50. The van der Waals surface area contributed by atoms with Gasteiger partial charge in [0.25, 0.3) is 0 Å². The molecular formula is C15H22O2. The monoisotopic (exact) mass is 234 g/mol. The van der Waals surface area contributed by atoms with Crippen molar-refractivity contribution in [2.45, 2.75) is 46.6 Å². The van der Waals surface area contributed by atoms with Crippen LogP contribution in [-0.4, -0.2) is 12.1 Å². The molecule has 0 unspecified atom stereocenters. The second-order valence-electron chi connectivity index (χ2n) is 6.07. The molecule has 0 N–H and O–H groups in total. The van der Waals surface area contributed by atoms with Gasteiger partial charge in [-0.15, -0.1) is 0 Å². The number of rotatable bonds is 3. The summed E-state index contributed by atoms with van der Waals surface area (Å²) in [6.07, 6.45) is 3.70. The minimum Gasteiger partial charge on any atom is -0.455 e. The quantitative estimate of drug-likeness (QED) is 0.424. The Morgan fingerprint density at radius 3 is 2.59 bits per heavy atom. The van der Waals surface area contributed by atoms with Crippen LogP contribution in [-0.2, 0) is 9.53 Å². The maximum Gasteiger partial charge on any atom is 0.331 e. The normalized spacial score (nSPS) is 34.5. The third kappa shape index (κ3) is 2.05. The molecule has 2 aliphatic carbocycles. The summed E-state index contributed by atoms with van der Waals surface area (Å²) in [7, 11) is 0. The van der Waals surface area contributed by atoms with Gasteiger partial charge in [0.1, 0.15) is 6.10 Å². The average Bonchev–Trinajstić information content (AvgIpc) is 2.84. The Kier molecular flexibility index (Phi) is 2.92. The third-order valence-electron chi connectivity index (χ3n) is 4.36. The highest BCUT2D eigenvalue weighted by Gasteiger charge is 2.64. The molecule has 2 heteroatoms. The zero-order chi connectivity index (χ0) is 12.8. The Bertz CT molecular complexity index is 388. The van der Waals surface area contributed by atoms with Gasteiger partial charge < -0.3 is 4.74 Å². The highest BCUT2D eigenvalue weighted by Crippen LogP contribution is 2.69. The number of hydrogen-bond donors (Lipinski definition) is 0. The van der Waals surface area contributed by atoms with Crippen LogP contribution >= 0.6 is 0 Å². The highest BCUT2D eigenvalue weighted by atomic mass is 16.5. The first-order valence-electron chi connectivity index (χ1n) is 6.41. The number of allylic oxidation sites excluding steroid dienone is 1. The first-order chi connectivity index (χ1) is 7.86. The Labute approximate surface area is 104 Å². The molecule has 0 heterocycles. The summed E-state index contributed by atoms with van der Waals surface area (Å²) in [5.41, 5.74) is 2.49. The van der Waals surface area contributed by atoms with E-state index in [9.17, 15) is 4.79 Å². The van der Waals surface area contributed by atoms with Crippen LogP contribution in [0, 0.1) is 17.3 Å². The zero-order valence-electron chi connectivity index (χ0n) is 11.2. The molecule has 2 fully saturated rings. The Hall–Kier alpha value is -1.05. The molecule has 0 aromatic rings. The lowest BCUT2D eigenvalue weighted by atomic mass is 9.89. The molecule has 2 aliphatic rings. The number of esters is 1. The second-order valence-corrected chi connectivity index (χ2v) is 6.07. The smallest absolute Gasteiger partial charge is 0.331 e. The summed E-state index contributed by atoms with van der Waals surface area (Å²) in [6.45, 7) is 12.4. The van der Waals surface area contributed by atoms with Gasteiger partial charge in [-0.25, -0.2) is 4.79 Å². The van der Waals surface area contributed by atoms with E-state index in [1.807, 2.05) is 13.8 Å². The molecule has 3 atom stereocenters. The molecule has 2 rings (SSSR count). The van der Waals surface area contributed by atoms with Crippen molar-refractivity contribution in [2.24, 2.45) is 17.3 Å². The van der Waals surface area contributed by atoms with Crippen molar-refractivity contribution in [1.82, 2.24) is 0 Å². The van der Waals surface area contributed by atoms with Crippen molar-refractivity contribution in [3.05, 3.63) is 23.8 Å². The largest absolute Gasteiger partial charge is 0.455 e. The van der Waals surface area contributed by atoms with E-state index in [2.05, 4.69) is 20.4 Å². The van der Waals surface area contributed by atoms with Crippen molar-refractivity contribution >= 4 is 5.97 Å². The Morgan fingerprint density at radius 2 is 2.12 bits per heavy atom. The van der Waals surface area contributed by atoms with Crippen LogP contribution < -0.4 is 0 Å². The first-order valence-corrected chi connectivity index (χ1v) is 6.41. The van der Waals surface area contributed by atoms with Gasteiger partial charge >= 0.3 is 5.97 Å². The van der Waals surface area contributed by atoms with Gasteiger partial charge in [0.05, 0.1) is 0 Å². The topological polar surface area (TPSA) is 26.3 Å². The van der Waals surface area contributed by atoms with Crippen molar-refractivity contribution in [3.8, 4) is 0 Å². The Morgan fingerprint density at radius 1 is 1.47 bits per heavy atom. The van der Waals surface area contributed by atoms with E-state index in [4.69, 9.17) is 4.74 Å². The lowest BCUT2D eigenvalue weighted by Gasteiger charge is -2.19. The summed E-state index contributed by atoms with van der Waals surface area (Å²) in [5, 5.41) is 0. The minimum atomic E-state index is -0.226. The molecule has 0 spiro atoms. The van der Waals surface area contributed by atoms with Gasteiger partial charge in [-0.2, -0.15) is 0 Å². The molecule has 2 saturated carbocycles. The zero-order valence-corrected chi connectivity index (χ0v) is 11.2. The van der Waals surface area contributed by atoms with E-state index in [-0.39, 0.29) is 12.1 Å². The van der Waals surface area contributed by atoms with Gasteiger partial charge in [0, 0.05) is 6.08 Å². The van der Waals surface area contributed by atoms with E-state index in [0.29, 0.717) is 17.3 Å². The fraction of sp³-hybridized carbons (Fsp3) is 0.667. The molecule has 0 amide bonds. The highest BCUT2D eigenvalue weighted by molar-refractivity contribution is 5.83. The molecule has 94 valence electrons. The number of carbonyl (C=O) groups is 1. The van der Waals surface area contributed by atoms with Crippen LogP contribution in [0.25, 0.3) is 0 Å². The van der Waals surface area contributed by atoms with E-state index in [0.717, 1.165) is 17.6 Å². The molecule has 0 aliphatic heterocycles. The number of ether oxygens (including phenoxy) is 1. The molecule has 0 saturated heterocycles. The van der Waals surface area contributed by atoms with Gasteiger partial charge in [-0.3, -0.25) is 0 Å². The molecule has 0 radical (unpaired) electrons. The van der Waals surface area contributed by atoms with Crippen molar-refractivity contribution in [1.29, 1.82) is 0 Å². The second kappa shape index (κ2) is 4.01. The van der Waals surface area contributed by atoms with Crippen LogP contribution in [0.5, 0.6) is 0 Å². The van der Waals surface area contributed by atoms with Crippen molar-refractivity contribution < 1.29 is 9.53 Å². The van der Waals surface area contributed by atoms with Crippen molar-refractivity contribution in [2.75, 3.05) is 0 Å². The summed E-state index contributed by atoms with van der Waals surface area (Å²) >= 11 is 0. The predicted molar refractivity (Wildman–Crippen MR) is 68.4 cm³/mol. The third-order valence-corrected chi connectivity index (χ3v) is 4.36. The van der Waals surface area contributed by atoms with E-state index in [1.54, 1.807) is 6.08 Å². The fourth-order valence-electron chi connectivity index (χ4n) is 3.15. The van der Waals surface area contributed by atoms with E-state index in [1.165, 1.54) is 6.42 Å². The van der Waals surface area contributed by atoms with Crippen LogP contribution in [0.2, 0.25) is 0 Å². The fourth-order valence-corrected chi connectivity index (χ4v) is 3.15. The molecule has 17 heavy (non-hydrogen) atoms. The predicted octanol–water partition coefficient (Wildman–Crippen LogP) is 3.49. The number of hydrogen-bond acceptors (Lipinski definition) is 2. The van der Waals surface area contributed by atoms with Gasteiger partial charge in [0.2, 0.25) is 0 Å². The van der Waals surface area contributed by atoms with Crippen molar-refractivity contribution in [3.63, 3.8) is 0 Å². The molecule has 0 aromatic carbocycles. The first kappa shape index (κ1) is 12.4. The average molecular weight is 234 g/mol. The van der Waals surface area contributed by atoms with Crippen LogP contribution in [0.4, 0.5) is 0 Å². The lowest BCUT2D eigenvalue weighted by Crippen LogP contribution is -2.19. The van der Waals surface area contributed by atoms with Gasteiger partial charge in [0.15, 0.2) is 0 Å². The molecule has 0 aromatic heterocycles. The summed E-state index contributed by atoms with van der Waals surface area (Å²) in [5.74, 6) is 1.01. The lowest BCUT2D eigenvalue weighted by molar-refractivity contribution is -0.141. The maximum absolute atomic E-state index is 11.6. The number of carbonyl (C=O) groups excluding carboxylic acids is 1. The molecular weight excluding hydrogens is 212 g/mol. The van der Waals surface area contributed by atoms with E-state index < -0.39 is 0 Å². The SMILES string of the molecule is C=C1[C@@H](OC(=O)C=C(C)C)C[C@@]2(C(C)C)C[C@@H]12. The number of fused-ring (bicyclic) bond motifs is 1. The summed E-state index contributed by atoms with van der Waals surface area (Å²) in [4.78, 5) is 11.6. The minimum absolute atomic E-state index is 0.0563. The summed E-state index contributed by atoms with van der Waals surface area (Å²) in [6, 6.07) is 0. The standard InChI is InChI=1S/C15H22O2/c1-9(2)6-14(16)17-13-8-15(10(3)4)7-12(15)11(13)5/h6,10,12-13H,5,7-8H2,1-4H3/t12-,13-,15+/m0/s1. The molecule has 0 bridgehead atoms. The van der Waals surface area contributed by atoms with Crippen LogP contribution in [0.15, 0.2) is 23.8 Å². The van der Waals surface area contributed by atoms with Gasteiger partial charge in [-0.05, 0) is 49.5 Å². The maximum atomic E-state index is 11.6. The van der Waals surface area contributed by atoms with Gasteiger partial charge in [-0.1, -0.05) is 26.0 Å². The Balaban J connectivity index is 2.00.